The Bertz CT molecular complexity index is 1520. The van der Waals surface area contributed by atoms with E-state index in [1.807, 2.05) is 132 Å². The van der Waals surface area contributed by atoms with Crippen LogP contribution >= 0.6 is 0 Å². The predicted octanol–water partition coefficient (Wildman–Crippen LogP) is 7.11. The average molecular weight is 552 g/mol. The predicted molar refractivity (Wildman–Crippen MR) is 167 cm³/mol. The van der Waals surface area contributed by atoms with Crippen LogP contribution in [0.2, 0.25) is 0 Å². The van der Waals surface area contributed by atoms with Gasteiger partial charge in [0.2, 0.25) is 5.91 Å². The van der Waals surface area contributed by atoms with Gasteiger partial charge in [0, 0.05) is 11.1 Å². The lowest BCUT2D eigenvalue weighted by molar-refractivity contribution is -0.878. The van der Waals surface area contributed by atoms with Crippen molar-refractivity contribution in [2.24, 2.45) is 0 Å². The van der Waals surface area contributed by atoms with Gasteiger partial charge in [0.25, 0.3) is 0 Å². The molecule has 2 amide bonds. The van der Waals surface area contributed by atoms with Crippen molar-refractivity contribution in [2.75, 3.05) is 26.2 Å². The van der Waals surface area contributed by atoms with Crippen LogP contribution in [0.25, 0.3) is 0 Å². The summed E-state index contributed by atoms with van der Waals surface area (Å²) in [5.41, 5.74) is 4.85. The SMILES string of the molecule is O=C(C(c1ccccc1)c1ccccc1)N1CC[N+](C(=O)c2ccccc2)(C(c2ccccc2)c2ccccc2)CC1. The molecule has 1 aliphatic rings. The lowest BCUT2D eigenvalue weighted by Crippen LogP contribution is -2.65. The van der Waals surface area contributed by atoms with Gasteiger partial charge in [0.15, 0.2) is 0 Å². The standard InChI is InChI=1S/C38H35N2O2/c41-37(35(30-16-6-1-7-17-30)31-18-8-2-9-19-31)39-26-28-40(29-27-39,38(42)34-24-14-5-15-25-34)36(32-20-10-3-11-21-32)33-22-12-4-13-23-33/h1-25,35-36H,26-29H2/q+1. The molecule has 0 aliphatic carbocycles. The molecule has 5 aromatic carbocycles. The second-order valence-electron chi connectivity index (χ2n) is 11.0. The monoisotopic (exact) mass is 551 g/mol. The zero-order valence-corrected chi connectivity index (χ0v) is 23.6. The molecule has 5 aromatic rings. The molecule has 1 fully saturated rings. The highest BCUT2D eigenvalue weighted by Crippen LogP contribution is 2.39. The van der Waals surface area contributed by atoms with Crippen molar-refractivity contribution in [3.8, 4) is 0 Å². The molecule has 6 rings (SSSR count). The van der Waals surface area contributed by atoms with Gasteiger partial charge in [-0.2, -0.15) is 0 Å². The molecule has 0 atom stereocenters. The highest BCUT2D eigenvalue weighted by Gasteiger charge is 2.49. The maximum atomic E-state index is 14.6. The molecule has 4 nitrogen and oxygen atoms in total. The first kappa shape index (κ1) is 27.4. The lowest BCUT2D eigenvalue weighted by Gasteiger charge is -2.48. The minimum atomic E-state index is -0.392. The largest absolute Gasteiger partial charge is 0.346 e. The maximum absolute atomic E-state index is 14.6. The highest BCUT2D eigenvalue weighted by atomic mass is 16.2. The summed E-state index contributed by atoms with van der Waals surface area (Å²) >= 11 is 0. The van der Waals surface area contributed by atoms with Gasteiger partial charge in [-0.05, 0) is 23.3 Å². The molecule has 0 spiro atoms. The third-order valence-corrected chi connectivity index (χ3v) is 8.51. The molecule has 0 unspecified atom stereocenters. The Hall–Kier alpha value is -4.80. The van der Waals surface area contributed by atoms with Gasteiger partial charge in [0.05, 0.1) is 24.6 Å². The van der Waals surface area contributed by atoms with E-state index in [-0.39, 0.29) is 22.3 Å². The van der Waals surface area contributed by atoms with Crippen LogP contribution in [0.4, 0.5) is 0 Å². The fourth-order valence-electron chi connectivity index (χ4n) is 6.44. The topological polar surface area (TPSA) is 37.4 Å². The summed E-state index contributed by atoms with van der Waals surface area (Å²) in [4.78, 5) is 30.9. The number of benzene rings is 5. The van der Waals surface area contributed by atoms with Crippen molar-refractivity contribution in [1.29, 1.82) is 0 Å². The molecule has 0 aromatic heterocycles. The summed E-state index contributed by atoms with van der Waals surface area (Å²) in [6, 6.07) is 50.1. The third-order valence-electron chi connectivity index (χ3n) is 8.51. The van der Waals surface area contributed by atoms with E-state index in [9.17, 15) is 9.59 Å². The number of rotatable bonds is 7. The Morgan fingerprint density at radius 2 is 0.857 bits per heavy atom. The molecule has 0 bridgehead atoms. The van der Waals surface area contributed by atoms with Crippen LogP contribution in [0, 0.1) is 0 Å². The summed E-state index contributed by atoms with van der Waals surface area (Å²) in [7, 11) is 0. The average Bonchev–Trinajstić information content (AvgIpc) is 3.07. The van der Waals surface area contributed by atoms with Crippen LogP contribution in [0.15, 0.2) is 152 Å². The van der Waals surface area contributed by atoms with Crippen LogP contribution in [0.5, 0.6) is 0 Å². The van der Waals surface area contributed by atoms with Gasteiger partial charge in [-0.25, -0.2) is 9.28 Å². The van der Waals surface area contributed by atoms with Crippen LogP contribution in [-0.4, -0.2) is 47.4 Å². The van der Waals surface area contributed by atoms with Gasteiger partial charge >= 0.3 is 5.91 Å². The summed E-state index contributed by atoms with van der Waals surface area (Å²) in [5.74, 6) is -0.229. The number of quaternary nitrogens is 1. The number of carbonyl (C=O) groups excluding carboxylic acids is 2. The Morgan fingerprint density at radius 3 is 1.26 bits per heavy atom. The van der Waals surface area contributed by atoms with Crippen LogP contribution < -0.4 is 0 Å². The van der Waals surface area contributed by atoms with Crippen molar-refractivity contribution in [3.05, 3.63) is 179 Å². The zero-order valence-electron chi connectivity index (χ0n) is 23.6. The Morgan fingerprint density at radius 1 is 0.500 bits per heavy atom. The fourth-order valence-corrected chi connectivity index (χ4v) is 6.44. The van der Waals surface area contributed by atoms with Crippen molar-refractivity contribution < 1.29 is 14.1 Å². The first-order valence-electron chi connectivity index (χ1n) is 14.6. The van der Waals surface area contributed by atoms with Gasteiger partial charge in [0.1, 0.15) is 19.1 Å². The van der Waals surface area contributed by atoms with Gasteiger partial charge < -0.3 is 4.90 Å². The number of hydrogen-bond acceptors (Lipinski definition) is 2. The molecular formula is C38H35N2O2+. The first-order valence-corrected chi connectivity index (χ1v) is 14.6. The molecule has 4 heteroatoms. The van der Waals surface area contributed by atoms with Crippen LogP contribution in [0.3, 0.4) is 0 Å². The van der Waals surface area contributed by atoms with Gasteiger partial charge in [-0.3, -0.25) is 4.79 Å². The van der Waals surface area contributed by atoms with E-state index in [2.05, 4.69) is 24.3 Å². The molecular weight excluding hydrogens is 516 g/mol. The minimum absolute atomic E-state index is 0.0772. The van der Waals surface area contributed by atoms with Crippen molar-refractivity contribution in [1.82, 2.24) is 4.90 Å². The molecule has 0 N–H and O–H groups in total. The second-order valence-corrected chi connectivity index (χ2v) is 11.0. The quantitative estimate of drug-likeness (QED) is 0.202. The molecule has 1 aliphatic heterocycles. The summed E-state index contributed by atoms with van der Waals surface area (Å²) in [6.07, 6.45) is 0. The number of amides is 2. The molecule has 1 heterocycles. The highest BCUT2D eigenvalue weighted by molar-refractivity contribution is 5.90. The summed E-state index contributed by atoms with van der Waals surface area (Å²) in [6.45, 7) is 2.02. The zero-order chi connectivity index (χ0) is 28.8. The van der Waals surface area contributed by atoms with E-state index in [1.54, 1.807) is 0 Å². The Kier molecular flexibility index (Phi) is 8.07. The van der Waals surface area contributed by atoms with Crippen molar-refractivity contribution in [3.63, 3.8) is 0 Å². The van der Waals surface area contributed by atoms with Crippen LogP contribution in [-0.2, 0) is 4.79 Å². The molecule has 0 radical (unpaired) electrons. The number of nitrogens with zero attached hydrogens (tertiary/aromatic N) is 2. The smallest absolute Gasteiger partial charge is 0.331 e. The van der Waals surface area contributed by atoms with Crippen molar-refractivity contribution >= 4 is 11.8 Å². The molecule has 208 valence electrons. The summed E-state index contributed by atoms with van der Waals surface area (Å²) < 4.78 is 0.225. The van der Waals surface area contributed by atoms with E-state index >= 15 is 0 Å². The summed E-state index contributed by atoms with van der Waals surface area (Å²) in [5, 5.41) is 0. The van der Waals surface area contributed by atoms with E-state index < -0.39 is 5.92 Å². The first-order chi connectivity index (χ1) is 20.7. The van der Waals surface area contributed by atoms with Gasteiger partial charge in [-0.1, -0.05) is 140 Å². The van der Waals surface area contributed by atoms with E-state index in [4.69, 9.17) is 0 Å². The Balaban J connectivity index is 1.39. The van der Waals surface area contributed by atoms with E-state index in [0.717, 1.165) is 22.3 Å². The van der Waals surface area contributed by atoms with E-state index in [1.165, 1.54) is 0 Å². The number of piperazine rings is 1. The number of carbonyl (C=O) groups is 2. The maximum Gasteiger partial charge on any atom is 0.346 e. The normalized spacial score (nSPS) is 14.6. The van der Waals surface area contributed by atoms with Crippen molar-refractivity contribution in [2.45, 2.75) is 12.0 Å². The van der Waals surface area contributed by atoms with Gasteiger partial charge in [-0.15, -0.1) is 0 Å². The van der Waals surface area contributed by atoms with E-state index in [0.29, 0.717) is 31.7 Å². The fraction of sp³-hybridized carbons (Fsp3) is 0.158. The molecule has 0 saturated carbocycles. The minimum Gasteiger partial charge on any atom is -0.331 e. The lowest BCUT2D eigenvalue weighted by atomic mass is 9.89. The third kappa shape index (κ3) is 5.41. The molecule has 42 heavy (non-hydrogen) atoms. The Labute approximate surface area is 248 Å². The van der Waals surface area contributed by atoms with Crippen LogP contribution in [0.1, 0.15) is 44.6 Å². The second kappa shape index (κ2) is 12.4. The number of hydrogen-bond donors (Lipinski definition) is 0. The molecule has 1 saturated heterocycles.